The minimum absolute atomic E-state index is 0.0933. The molecule has 7 heteroatoms. The van der Waals surface area contributed by atoms with Crippen LogP contribution in [0, 0.1) is 0 Å². The van der Waals surface area contributed by atoms with E-state index in [1.807, 2.05) is 55.6 Å². The van der Waals surface area contributed by atoms with Gasteiger partial charge in [-0.05, 0) is 49.7 Å². The predicted octanol–water partition coefficient (Wildman–Crippen LogP) is 4.98. The van der Waals surface area contributed by atoms with Crippen molar-refractivity contribution in [1.29, 1.82) is 0 Å². The molecule has 164 valence electrons. The van der Waals surface area contributed by atoms with E-state index in [-0.39, 0.29) is 12.2 Å². The normalized spacial score (nSPS) is 10.6. The molecule has 0 unspecified atom stereocenters. The maximum Gasteiger partial charge on any atom is 0.161 e. The van der Waals surface area contributed by atoms with Gasteiger partial charge in [0.25, 0.3) is 0 Å². The van der Waals surface area contributed by atoms with E-state index in [4.69, 9.17) is 18.9 Å². The van der Waals surface area contributed by atoms with E-state index in [1.165, 1.54) is 11.3 Å². The fraction of sp³-hybridized carbons (Fsp3) is 0.333. The summed E-state index contributed by atoms with van der Waals surface area (Å²) in [6.07, 6.45) is 0.594. The Kier molecular flexibility index (Phi) is 7.89. The highest BCUT2D eigenvalue weighted by molar-refractivity contribution is 7.13. The number of methoxy groups -OCH3 is 2. The number of ketones is 1. The van der Waals surface area contributed by atoms with Gasteiger partial charge in [-0.15, -0.1) is 11.3 Å². The molecule has 0 amide bonds. The van der Waals surface area contributed by atoms with Crippen LogP contribution in [0.25, 0.3) is 10.6 Å². The summed E-state index contributed by atoms with van der Waals surface area (Å²) in [5.41, 5.74) is 2.58. The first-order valence-corrected chi connectivity index (χ1v) is 11.0. The second-order valence-corrected chi connectivity index (χ2v) is 7.61. The Morgan fingerprint density at radius 2 is 1.58 bits per heavy atom. The molecular formula is C24H27NO5S. The number of nitrogens with zero attached hydrogens (tertiary/aromatic N) is 1. The number of benzene rings is 2. The molecule has 0 spiro atoms. The van der Waals surface area contributed by atoms with Crippen molar-refractivity contribution in [2.75, 3.05) is 27.4 Å². The van der Waals surface area contributed by atoms with Gasteiger partial charge in [0, 0.05) is 23.8 Å². The zero-order chi connectivity index (χ0) is 22.2. The van der Waals surface area contributed by atoms with E-state index < -0.39 is 0 Å². The first-order chi connectivity index (χ1) is 15.1. The predicted molar refractivity (Wildman–Crippen MR) is 122 cm³/mol. The summed E-state index contributed by atoms with van der Waals surface area (Å²) in [7, 11) is 3.21. The summed E-state index contributed by atoms with van der Waals surface area (Å²) < 4.78 is 21.9. The fourth-order valence-corrected chi connectivity index (χ4v) is 4.00. The van der Waals surface area contributed by atoms with Crippen LogP contribution in [0.2, 0.25) is 0 Å². The van der Waals surface area contributed by atoms with Crippen molar-refractivity contribution < 1.29 is 23.7 Å². The Morgan fingerprint density at radius 3 is 2.29 bits per heavy atom. The topological polar surface area (TPSA) is 66.9 Å². The summed E-state index contributed by atoms with van der Waals surface area (Å²) >= 11 is 1.50. The maximum atomic E-state index is 12.6. The number of Topliss-reactive ketones (excluding diaryl/α,β-unsaturated/α-hetero) is 1. The van der Waals surface area contributed by atoms with E-state index in [9.17, 15) is 4.79 Å². The number of carbonyl (C=O) groups excluding carboxylic acids is 1. The molecule has 3 aromatic rings. The molecule has 0 bridgehead atoms. The average Bonchev–Trinajstić information content (AvgIpc) is 3.23. The fourth-order valence-electron chi connectivity index (χ4n) is 3.19. The van der Waals surface area contributed by atoms with Crippen LogP contribution < -0.4 is 18.9 Å². The van der Waals surface area contributed by atoms with Crippen molar-refractivity contribution in [3.8, 4) is 33.6 Å². The molecule has 0 aliphatic rings. The Morgan fingerprint density at radius 1 is 0.871 bits per heavy atom. The Labute approximate surface area is 186 Å². The quantitative estimate of drug-likeness (QED) is 0.418. The van der Waals surface area contributed by atoms with Gasteiger partial charge >= 0.3 is 0 Å². The van der Waals surface area contributed by atoms with Gasteiger partial charge in [-0.3, -0.25) is 4.79 Å². The van der Waals surface area contributed by atoms with E-state index >= 15 is 0 Å². The van der Waals surface area contributed by atoms with Crippen LogP contribution in [0.3, 0.4) is 0 Å². The Bertz CT molecular complexity index is 1030. The molecule has 0 N–H and O–H groups in total. The first kappa shape index (κ1) is 22.6. The summed E-state index contributed by atoms with van der Waals surface area (Å²) in [6, 6.07) is 11.3. The molecule has 0 aliphatic heterocycles. The van der Waals surface area contributed by atoms with Crippen LogP contribution in [0.1, 0.15) is 25.1 Å². The second kappa shape index (κ2) is 10.8. The number of aromatic nitrogens is 1. The van der Waals surface area contributed by atoms with Crippen molar-refractivity contribution in [3.05, 3.63) is 53.0 Å². The Hall–Kier alpha value is -3.06. The third-order valence-corrected chi connectivity index (χ3v) is 5.51. The molecule has 0 radical (unpaired) electrons. The largest absolute Gasteiger partial charge is 0.493 e. The summed E-state index contributed by atoms with van der Waals surface area (Å²) in [4.78, 5) is 17.3. The molecule has 0 atom stereocenters. The molecule has 1 aromatic heterocycles. The molecule has 31 heavy (non-hydrogen) atoms. The zero-order valence-electron chi connectivity index (χ0n) is 18.3. The molecule has 2 aromatic carbocycles. The van der Waals surface area contributed by atoms with Crippen LogP contribution in [-0.2, 0) is 17.6 Å². The molecular weight excluding hydrogens is 414 g/mol. The van der Waals surface area contributed by atoms with Crippen LogP contribution >= 0.6 is 11.3 Å². The second-order valence-electron chi connectivity index (χ2n) is 6.75. The van der Waals surface area contributed by atoms with Gasteiger partial charge in [-0.2, -0.15) is 0 Å². The van der Waals surface area contributed by atoms with Crippen LogP contribution in [0.4, 0.5) is 0 Å². The minimum Gasteiger partial charge on any atom is -0.493 e. The third-order valence-electron chi connectivity index (χ3n) is 4.57. The first-order valence-electron chi connectivity index (χ1n) is 10.1. The molecule has 1 heterocycles. The van der Waals surface area contributed by atoms with E-state index in [0.717, 1.165) is 21.8 Å². The standard InChI is InChI=1S/C24H27NO5S/c1-5-29-21-9-7-16(12-23(21)30-6-2)11-19(26)14-18-15-31-24(25-18)17-8-10-20(27-3)22(13-17)28-4/h7-10,12-13,15H,5-6,11,14H2,1-4H3. The maximum absolute atomic E-state index is 12.6. The van der Waals surface area contributed by atoms with E-state index in [0.29, 0.717) is 42.6 Å². The molecule has 3 rings (SSSR count). The third kappa shape index (κ3) is 5.76. The Balaban J connectivity index is 1.68. The van der Waals surface area contributed by atoms with Crippen molar-refractivity contribution in [2.45, 2.75) is 26.7 Å². The van der Waals surface area contributed by atoms with Crippen molar-refractivity contribution >= 4 is 17.1 Å². The molecule has 0 fully saturated rings. The highest BCUT2D eigenvalue weighted by atomic mass is 32.1. The molecule has 0 aliphatic carbocycles. The van der Waals surface area contributed by atoms with Gasteiger partial charge < -0.3 is 18.9 Å². The number of thiazole rings is 1. The van der Waals surface area contributed by atoms with Gasteiger partial charge in [0.1, 0.15) is 10.8 Å². The summed E-state index contributed by atoms with van der Waals surface area (Å²) in [5.74, 6) is 2.77. The van der Waals surface area contributed by atoms with Gasteiger partial charge in [-0.25, -0.2) is 4.98 Å². The number of ether oxygens (including phenoxy) is 4. The number of hydrogen-bond donors (Lipinski definition) is 0. The van der Waals surface area contributed by atoms with Crippen molar-refractivity contribution in [3.63, 3.8) is 0 Å². The van der Waals surface area contributed by atoms with Gasteiger partial charge in [0.15, 0.2) is 23.0 Å². The summed E-state index contributed by atoms with van der Waals surface area (Å²) in [5, 5.41) is 2.76. The lowest BCUT2D eigenvalue weighted by molar-refractivity contribution is -0.117. The number of carbonyl (C=O) groups is 1. The van der Waals surface area contributed by atoms with Crippen molar-refractivity contribution in [2.24, 2.45) is 0 Å². The van der Waals surface area contributed by atoms with Crippen LogP contribution in [0.5, 0.6) is 23.0 Å². The summed E-state index contributed by atoms with van der Waals surface area (Å²) in [6.45, 7) is 4.95. The molecule has 0 saturated heterocycles. The van der Waals surface area contributed by atoms with Gasteiger partial charge in [0.2, 0.25) is 0 Å². The highest BCUT2D eigenvalue weighted by Crippen LogP contribution is 2.34. The molecule has 0 saturated carbocycles. The SMILES string of the molecule is CCOc1ccc(CC(=O)Cc2csc(-c3ccc(OC)c(OC)c3)n2)cc1OCC. The van der Waals surface area contributed by atoms with E-state index in [2.05, 4.69) is 4.98 Å². The lowest BCUT2D eigenvalue weighted by Gasteiger charge is -2.12. The van der Waals surface area contributed by atoms with Gasteiger partial charge in [-0.1, -0.05) is 6.07 Å². The highest BCUT2D eigenvalue weighted by Gasteiger charge is 2.14. The average molecular weight is 442 g/mol. The number of hydrogen-bond acceptors (Lipinski definition) is 7. The lowest BCUT2D eigenvalue weighted by Crippen LogP contribution is -2.07. The zero-order valence-corrected chi connectivity index (χ0v) is 19.1. The monoisotopic (exact) mass is 441 g/mol. The van der Waals surface area contributed by atoms with Gasteiger partial charge in [0.05, 0.1) is 33.1 Å². The van der Waals surface area contributed by atoms with E-state index in [1.54, 1.807) is 14.2 Å². The molecule has 6 nitrogen and oxygen atoms in total. The van der Waals surface area contributed by atoms with Crippen LogP contribution in [0.15, 0.2) is 41.8 Å². The van der Waals surface area contributed by atoms with Crippen LogP contribution in [-0.4, -0.2) is 38.2 Å². The minimum atomic E-state index is 0.0933. The van der Waals surface area contributed by atoms with Crippen molar-refractivity contribution in [1.82, 2.24) is 4.98 Å². The smallest absolute Gasteiger partial charge is 0.161 e. The number of rotatable bonds is 11. The lowest BCUT2D eigenvalue weighted by atomic mass is 10.1.